The predicted molar refractivity (Wildman–Crippen MR) is 65.2 cm³/mol. The second-order valence-electron chi connectivity index (χ2n) is 4.83. The molecule has 1 aromatic rings. The number of rotatable bonds is 2. The lowest BCUT2D eigenvalue weighted by Crippen LogP contribution is -2.35. The molecule has 1 atom stereocenters. The Bertz CT molecular complexity index is 476. The Morgan fingerprint density at radius 2 is 1.95 bits per heavy atom. The van der Waals surface area contributed by atoms with Gasteiger partial charge in [0.05, 0.1) is 6.07 Å². The predicted octanol–water partition coefficient (Wildman–Crippen LogP) is 3.14. The number of nitrogens with zero attached hydrogens (tertiary/aromatic N) is 2. The lowest BCUT2D eigenvalue weighted by Gasteiger charge is -2.24. The van der Waals surface area contributed by atoms with Crippen LogP contribution in [-0.4, -0.2) is 24.2 Å². The Kier molecular flexibility index (Phi) is 4.11. The normalized spacial score (nSPS) is 18.2. The van der Waals surface area contributed by atoms with Crippen molar-refractivity contribution in [2.45, 2.75) is 25.6 Å². The minimum absolute atomic E-state index is 0.242. The fourth-order valence-electron chi connectivity index (χ4n) is 2.40. The van der Waals surface area contributed by atoms with Crippen molar-refractivity contribution in [1.82, 2.24) is 4.90 Å². The third kappa shape index (κ3) is 3.48. The molecule has 0 amide bonds. The molecule has 0 aromatic heterocycles. The summed E-state index contributed by atoms with van der Waals surface area (Å²) in [7, 11) is 0. The van der Waals surface area contributed by atoms with E-state index >= 15 is 0 Å². The molecule has 2 rings (SSSR count). The molecular weight excluding hydrogens is 253 g/mol. The van der Waals surface area contributed by atoms with Gasteiger partial charge >= 0.3 is 6.18 Å². The molecule has 1 unspecified atom stereocenters. The lowest BCUT2D eigenvalue weighted by atomic mass is 10.0. The van der Waals surface area contributed by atoms with E-state index in [2.05, 4.69) is 0 Å². The molecule has 5 heteroatoms. The van der Waals surface area contributed by atoms with Crippen LogP contribution in [0.1, 0.15) is 17.5 Å². The average Bonchev–Trinajstić information content (AvgIpc) is 2.56. The molecule has 1 aliphatic heterocycles. The maximum Gasteiger partial charge on any atom is 0.405 e. The molecule has 0 radical (unpaired) electrons. The number of benzene rings is 1. The van der Waals surface area contributed by atoms with Crippen LogP contribution in [0.15, 0.2) is 24.3 Å². The van der Waals surface area contributed by atoms with E-state index in [0.29, 0.717) is 13.1 Å². The summed E-state index contributed by atoms with van der Waals surface area (Å²) in [6.45, 7) is 0.849. The highest BCUT2D eigenvalue weighted by Crippen LogP contribution is 2.28. The van der Waals surface area contributed by atoms with E-state index in [4.69, 9.17) is 5.26 Å². The molecule has 0 saturated carbocycles. The van der Waals surface area contributed by atoms with E-state index in [9.17, 15) is 13.2 Å². The van der Waals surface area contributed by atoms with Crippen LogP contribution in [-0.2, 0) is 13.0 Å². The van der Waals surface area contributed by atoms with Gasteiger partial charge in [0.25, 0.3) is 0 Å². The van der Waals surface area contributed by atoms with Gasteiger partial charge in [-0.2, -0.15) is 18.4 Å². The zero-order valence-corrected chi connectivity index (χ0v) is 10.5. The first-order chi connectivity index (χ1) is 9.00. The van der Waals surface area contributed by atoms with E-state index in [0.717, 1.165) is 18.4 Å². The van der Waals surface area contributed by atoms with E-state index < -0.39 is 12.1 Å². The summed E-state index contributed by atoms with van der Waals surface area (Å²) in [4.78, 5) is 1.73. The van der Waals surface area contributed by atoms with Gasteiger partial charge in [-0.15, -0.1) is 0 Å². The average molecular weight is 268 g/mol. The molecule has 0 spiro atoms. The topological polar surface area (TPSA) is 27.0 Å². The SMILES string of the molecule is N#CC(CN1CCCc2ccccc2C1)C(F)(F)F. The first-order valence-electron chi connectivity index (χ1n) is 6.26. The van der Waals surface area contributed by atoms with E-state index in [1.54, 1.807) is 4.90 Å². The molecular formula is C14H15F3N2. The number of halogens is 3. The molecule has 102 valence electrons. The van der Waals surface area contributed by atoms with Gasteiger partial charge in [-0.25, -0.2) is 0 Å². The zero-order chi connectivity index (χ0) is 13.9. The van der Waals surface area contributed by atoms with Gasteiger partial charge in [0, 0.05) is 13.1 Å². The van der Waals surface area contributed by atoms with Crippen LogP contribution >= 0.6 is 0 Å². The van der Waals surface area contributed by atoms with Crippen LogP contribution in [0, 0.1) is 17.2 Å². The van der Waals surface area contributed by atoms with Crippen LogP contribution in [0.4, 0.5) is 13.2 Å². The Morgan fingerprint density at radius 3 is 2.58 bits per heavy atom. The molecule has 1 aliphatic rings. The van der Waals surface area contributed by atoms with Crippen molar-refractivity contribution >= 4 is 0 Å². The monoisotopic (exact) mass is 268 g/mol. The summed E-state index contributed by atoms with van der Waals surface area (Å²) in [5, 5.41) is 8.66. The van der Waals surface area contributed by atoms with Crippen LogP contribution < -0.4 is 0 Å². The first kappa shape index (κ1) is 13.9. The smallest absolute Gasteiger partial charge is 0.297 e. The van der Waals surface area contributed by atoms with Gasteiger partial charge in [-0.1, -0.05) is 24.3 Å². The van der Waals surface area contributed by atoms with Crippen molar-refractivity contribution in [3.05, 3.63) is 35.4 Å². The van der Waals surface area contributed by atoms with Crippen molar-refractivity contribution in [2.24, 2.45) is 5.92 Å². The maximum atomic E-state index is 12.6. The molecule has 19 heavy (non-hydrogen) atoms. The Hall–Kier alpha value is -1.54. The highest BCUT2D eigenvalue weighted by molar-refractivity contribution is 5.28. The molecule has 1 aromatic carbocycles. The second-order valence-corrected chi connectivity index (χ2v) is 4.83. The summed E-state index contributed by atoms with van der Waals surface area (Å²) in [5.41, 5.74) is 2.27. The Morgan fingerprint density at radius 1 is 1.26 bits per heavy atom. The second kappa shape index (κ2) is 5.62. The molecule has 0 fully saturated rings. The molecule has 2 nitrogen and oxygen atoms in total. The van der Waals surface area contributed by atoms with Crippen LogP contribution in [0.2, 0.25) is 0 Å². The summed E-state index contributed by atoms with van der Waals surface area (Å²) >= 11 is 0. The van der Waals surface area contributed by atoms with Crippen molar-refractivity contribution < 1.29 is 13.2 Å². The van der Waals surface area contributed by atoms with Gasteiger partial charge in [-0.05, 0) is 30.5 Å². The van der Waals surface area contributed by atoms with Gasteiger partial charge in [0.1, 0.15) is 0 Å². The van der Waals surface area contributed by atoms with Crippen molar-refractivity contribution in [3.8, 4) is 6.07 Å². The number of aryl methyl sites for hydroxylation is 1. The molecule has 1 heterocycles. The quantitative estimate of drug-likeness (QED) is 0.824. The van der Waals surface area contributed by atoms with Gasteiger partial charge < -0.3 is 0 Å². The van der Waals surface area contributed by atoms with Crippen molar-refractivity contribution in [2.75, 3.05) is 13.1 Å². The highest BCUT2D eigenvalue weighted by Gasteiger charge is 2.40. The number of fused-ring (bicyclic) bond motifs is 1. The Labute approximate surface area is 110 Å². The third-order valence-corrected chi connectivity index (χ3v) is 3.42. The van der Waals surface area contributed by atoms with Crippen molar-refractivity contribution in [1.29, 1.82) is 5.26 Å². The lowest BCUT2D eigenvalue weighted by molar-refractivity contribution is -0.163. The fraction of sp³-hybridized carbons (Fsp3) is 0.500. The molecule has 0 saturated heterocycles. The molecule has 0 bridgehead atoms. The Balaban J connectivity index is 2.09. The first-order valence-corrected chi connectivity index (χ1v) is 6.26. The van der Waals surface area contributed by atoms with Crippen LogP contribution in [0.3, 0.4) is 0 Å². The minimum atomic E-state index is -4.44. The van der Waals surface area contributed by atoms with Gasteiger partial charge in [0.2, 0.25) is 0 Å². The summed E-state index contributed by atoms with van der Waals surface area (Å²) in [6, 6.07) is 9.18. The summed E-state index contributed by atoms with van der Waals surface area (Å²) < 4.78 is 37.9. The van der Waals surface area contributed by atoms with Crippen LogP contribution in [0.25, 0.3) is 0 Å². The molecule has 0 aliphatic carbocycles. The largest absolute Gasteiger partial charge is 0.405 e. The third-order valence-electron chi connectivity index (χ3n) is 3.42. The summed E-state index contributed by atoms with van der Waals surface area (Å²) in [5.74, 6) is -1.90. The fourth-order valence-corrected chi connectivity index (χ4v) is 2.40. The number of hydrogen-bond acceptors (Lipinski definition) is 2. The number of alkyl halides is 3. The van der Waals surface area contributed by atoms with Crippen molar-refractivity contribution in [3.63, 3.8) is 0 Å². The van der Waals surface area contributed by atoms with E-state index in [-0.39, 0.29) is 6.54 Å². The van der Waals surface area contributed by atoms with Crippen LogP contribution in [0.5, 0.6) is 0 Å². The summed E-state index contributed by atoms with van der Waals surface area (Å²) in [6.07, 6.45) is -2.73. The zero-order valence-electron chi connectivity index (χ0n) is 10.5. The standard InChI is InChI=1S/C14H15F3N2/c15-14(16,17)13(8-18)10-19-7-3-6-11-4-1-2-5-12(11)9-19/h1-2,4-5,13H,3,6-7,9-10H2. The van der Waals surface area contributed by atoms with Gasteiger partial charge in [0.15, 0.2) is 5.92 Å². The molecule has 0 N–H and O–H groups in total. The minimum Gasteiger partial charge on any atom is -0.297 e. The maximum absolute atomic E-state index is 12.6. The van der Waals surface area contributed by atoms with E-state index in [1.807, 2.05) is 24.3 Å². The number of hydrogen-bond donors (Lipinski definition) is 0. The van der Waals surface area contributed by atoms with E-state index in [1.165, 1.54) is 11.6 Å². The highest BCUT2D eigenvalue weighted by atomic mass is 19.4. The number of nitriles is 1. The van der Waals surface area contributed by atoms with Gasteiger partial charge in [-0.3, -0.25) is 4.90 Å².